The molecule has 6 rings (SSSR count). The van der Waals surface area contributed by atoms with Crippen LogP contribution in [0.1, 0.15) is 29.0 Å². The molecule has 0 bridgehead atoms. The van der Waals surface area contributed by atoms with E-state index in [1.165, 1.54) is 6.33 Å². The first-order chi connectivity index (χ1) is 15.1. The van der Waals surface area contributed by atoms with Crippen LogP contribution in [0.5, 0.6) is 5.75 Å². The Balaban J connectivity index is 1.34. The summed E-state index contributed by atoms with van der Waals surface area (Å²) in [6, 6.07) is 12.0. The highest BCUT2D eigenvalue weighted by molar-refractivity contribution is 6.10. The Kier molecular flexibility index (Phi) is 3.62. The van der Waals surface area contributed by atoms with Gasteiger partial charge in [0, 0.05) is 28.8 Å². The molecule has 1 aliphatic heterocycles. The zero-order valence-corrected chi connectivity index (χ0v) is 17.1. The number of carbonyl (C=O) groups excluding carboxylic acids is 1. The van der Waals surface area contributed by atoms with E-state index in [9.17, 15) is 4.79 Å². The van der Waals surface area contributed by atoms with Crippen molar-refractivity contribution in [3.8, 4) is 5.75 Å². The van der Waals surface area contributed by atoms with Gasteiger partial charge in [-0.2, -0.15) is 5.10 Å². The summed E-state index contributed by atoms with van der Waals surface area (Å²) in [5.74, 6) is 2.38. The lowest BCUT2D eigenvalue weighted by atomic mass is 9.91. The van der Waals surface area contributed by atoms with Gasteiger partial charge in [0.2, 0.25) is 5.91 Å². The molecule has 31 heavy (non-hydrogen) atoms. The maximum atomic E-state index is 12.9. The number of ether oxygens (including phenoxy) is 1. The molecular formula is C23H20N6O2. The Hall–Kier alpha value is -3.94. The van der Waals surface area contributed by atoms with Crippen molar-refractivity contribution < 1.29 is 9.53 Å². The Bertz CT molecular complexity index is 1360. The van der Waals surface area contributed by atoms with Crippen LogP contribution < -0.4 is 15.4 Å². The minimum atomic E-state index is -0.517. The number of rotatable bonds is 4. The highest BCUT2D eigenvalue weighted by atomic mass is 16.5. The number of nitrogens with zero attached hydrogens (tertiary/aromatic N) is 3. The quantitative estimate of drug-likeness (QED) is 0.471. The van der Waals surface area contributed by atoms with E-state index in [0.29, 0.717) is 5.82 Å². The highest BCUT2D eigenvalue weighted by Crippen LogP contribution is 2.65. The van der Waals surface area contributed by atoms with E-state index in [2.05, 4.69) is 42.9 Å². The Morgan fingerprint density at radius 3 is 2.94 bits per heavy atom. The van der Waals surface area contributed by atoms with Gasteiger partial charge in [-0.25, -0.2) is 9.97 Å². The monoisotopic (exact) mass is 412 g/mol. The van der Waals surface area contributed by atoms with Crippen LogP contribution in [-0.4, -0.2) is 33.2 Å². The van der Waals surface area contributed by atoms with Crippen LogP contribution in [0.25, 0.3) is 10.9 Å². The number of methoxy groups -OCH3 is 1. The third kappa shape index (κ3) is 2.54. The van der Waals surface area contributed by atoms with Gasteiger partial charge in [0.15, 0.2) is 5.82 Å². The summed E-state index contributed by atoms with van der Waals surface area (Å²) in [5.41, 5.74) is 4.36. The number of aryl methyl sites for hydroxylation is 1. The first kappa shape index (κ1) is 17.9. The molecule has 0 radical (unpaired) electrons. The molecule has 4 aromatic rings. The topological polar surface area (TPSA) is 105 Å². The summed E-state index contributed by atoms with van der Waals surface area (Å²) < 4.78 is 5.39. The predicted molar refractivity (Wildman–Crippen MR) is 117 cm³/mol. The molecule has 2 atom stereocenters. The number of aromatic amines is 1. The van der Waals surface area contributed by atoms with E-state index in [-0.39, 0.29) is 11.8 Å². The molecule has 1 fully saturated rings. The Labute approximate surface area is 178 Å². The van der Waals surface area contributed by atoms with Crippen LogP contribution in [-0.2, 0) is 10.2 Å². The molecule has 0 saturated heterocycles. The summed E-state index contributed by atoms with van der Waals surface area (Å²) >= 11 is 0. The number of carbonyl (C=O) groups is 1. The Morgan fingerprint density at radius 1 is 1.19 bits per heavy atom. The molecule has 2 aliphatic rings. The summed E-state index contributed by atoms with van der Waals surface area (Å²) in [6.45, 7) is 1.95. The van der Waals surface area contributed by atoms with E-state index < -0.39 is 5.41 Å². The maximum absolute atomic E-state index is 12.9. The third-order valence-corrected chi connectivity index (χ3v) is 6.44. The molecule has 8 nitrogen and oxygen atoms in total. The van der Waals surface area contributed by atoms with Gasteiger partial charge in [0.25, 0.3) is 0 Å². The number of aromatic nitrogens is 4. The van der Waals surface area contributed by atoms with Crippen LogP contribution in [0, 0.1) is 6.92 Å². The van der Waals surface area contributed by atoms with E-state index in [4.69, 9.17) is 4.74 Å². The van der Waals surface area contributed by atoms with Gasteiger partial charge in [-0.05, 0) is 54.8 Å². The second-order valence-electron chi connectivity index (χ2n) is 8.15. The number of benzene rings is 2. The number of nitrogens with one attached hydrogen (secondary N) is 3. The number of fused-ring (bicyclic) bond motifs is 3. The van der Waals surface area contributed by atoms with Crippen LogP contribution in [0.3, 0.4) is 0 Å². The molecule has 1 amide bonds. The summed E-state index contributed by atoms with van der Waals surface area (Å²) in [7, 11) is 1.64. The highest BCUT2D eigenvalue weighted by Gasteiger charge is 2.65. The molecule has 3 heterocycles. The number of H-pyrrole nitrogens is 1. The smallest absolute Gasteiger partial charge is 0.235 e. The van der Waals surface area contributed by atoms with Crippen LogP contribution >= 0.6 is 0 Å². The second-order valence-corrected chi connectivity index (χ2v) is 8.15. The average Bonchev–Trinajstić information content (AvgIpc) is 3.34. The van der Waals surface area contributed by atoms with Gasteiger partial charge in [-0.15, -0.1) is 0 Å². The van der Waals surface area contributed by atoms with Crippen molar-refractivity contribution in [2.75, 3.05) is 17.7 Å². The van der Waals surface area contributed by atoms with Crippen molar-refractivity contribution >= 4 is 34.1 Å². The van der Waals surface area contributed by atoms with E-state index in [1.807, 2.05) is 31.2 Å². The van der Waals surface area contributed by atoms with Gasteiger partial charge >= 0.3 is 0 Å². The number of amides is 1. The fraction of sp³-hybridized carbons (Fsp3) is 0.217. The SMILES string of the molecule is COc1ccc2c(c1)[C@]1(C[C@H]1c1ccc3c(Nc4ncncc4C)n[nH]c3c1)C(=O)N2. The molecule has 2 aromatic heterocycles. The molecule has 2 aromatic carbocycles. The maximum Gasteiger partial charge on any atom is 0.235 e. The van der Waals surface area contributed by atoms with Crippen molar-refractivity contribution in [1.29, 1.82) is 0 Å². The largest absolute Gasteiger partial charge is 0.497 e. The van der Waals surface area contributed by atoms with Crippen molar-refractivity contribution in [2.24, 2.45) is 0 Å². The van der Waals surface area contributed by atoms with Crippen molar-refractivity contribution in [2.45, 2.75) is 24.7 Å². The summed E-state index contributed by atoms with van der Waals surface area (Å²) in [6.07, 6.45) is 4.05. The standard InChI is InChI=1S/C23H20N6O2/c1-12-10-24-11-25-20(12)27-21-15-5-3-13(7-19(15)28-29-21)17-9-23(17)16-8-14(31-2)4-6-18(16)26-22(23)30/h3-8,10-11,17H,9H2,1-2H3,(H,26,30)(H2,24,25,27,28,29)/t17-,23-/m0/s1. The van der Waals surface area contributed by atoms with Crippen molar-refractivity contribution in [3.63, 3.8) is 0 Å². The molecule has 1 spiro atoms. The lowest BCUT2D eigenvalue weighted by molar-refractivity contribution is -0.118. The van der Waals surface area contributed by atoms with Gasteiger partial charge in [-0.1, -0.05) is 6.07 Å². The van der Waals surface area contributed by atoms with Gasteiger partial charge in [0.05, 0.1) is 18.0 Å². The Morgan fingerprint density at radius 2 is 2.10 bits per heavy atom. The van der Waals surface area contributed by atoms with E-state index in [1.54, 1.807) is 13.3 Å². The molecule has 3 N–H and O–H groups in total. The normalized spacial score (nSPS) is 21.2. The average molecular weight is 412 g/mol. The fourth-order valence-electron chi connectivity index (χ4n) is 4.69. The van der Waals surface area contributed by atoms with Crippen LogP contribution in [0.2, 0.25) is 0 Å². The number of hydrogen-bond acceptors (Lipinski definition) is 6. The minimum Gasteiger partial charge on any atom is -0.497 e. The fourth-order valence-corrected chi connectivity index (χ4v) is 4.69. The summed E-state index contributed by atoms with van der Waals surface area (Å²) in [4.78, 5) is 21.2. The summed E-state index contributed by atoms with van der Waals surface area (Å²) in [5, 5.41) is 14.8. The zero-order chi connectivity index (χ0) is 21.2. The first-order valence-electron chi connectivity index (χ1n) is 10.1. The van der Waals surface area contributed by atoms with Crippen LogP contribution in [0.15, 0.2) is 48.9 Å². The van der Waals surface area contributed by atoms with Gasteiger partial charge in [0.1, 0.15) is 17.9 Å². The molecule has 1 aliphatic carbocycles. The number of anilines is 3. The van der Waals surface area contributed by atoms with E-state index in [0.717, 1.165) is 51.3 Å². The lowest BCUT2D eigenvalue weighted by Crippen LogP contribution is -2.21. The molecule has 154 valence electrons. The van der Waals surface area contributed by atoms with Gasteiger partial charge < -0.3 is 15.4 Å². The second kappa shape index (κ2) is 6.28. The van der Waals surface area contributed by atoms with Crippen molar-refractivity contribution in [3.05, 3.63) is 65.6 Å². The molecular weight excluding hydrogens is 392 g/mol. The molecule has 0 unspecified atom stereocenters. The van der Waals surface area contributed by atoms with E-state index >= 15 is 0 Å². The predicted octanol–water partition coefficient (Wildman–Crippen LogP) is 3.79. The third-order valence-electron chi connectivity index (χ3n) is 6.44. The molecule has 1 saturated carbocycles. The van der Waals surface area contributed by atoms with Gasteiger partial charge in [-0.3, -0.25) is 9.89 Å². The minimum absolute atomic E-state index is 0.0621. The lowest BCUT2D eigenvalue weighted by Gasteiger charge is -2.10. The van der Waals surface area contributed by atoms with Crippen LogP contribution in [0.4, 0.5) is 17.3 Å². The zero-order valence-electron chi connectivity index (χ0n) is 17.1. The first-order valence-corrected chi connectivity index (χ1v) is 10.1. The number of hydrogen-bond donors (Lipinski definition) is 3. The van der Waals surface area contributed by atoms with Crippen molar-refractivity contribution in [1.82, 2.24) is 20.2 Å². The molecule has 8 heteroatoms.